The van der Waals surface area contributed by atoms with Gasteiger partial charge in [0.05, 0.1) is 6.61 Å². The molecule has 1 N–H and O–H groups in total. The summed E-state index contributed by atoms with van der Waals surface area (Å²) in [6.45, 7) is 4.68. The van der Waals surface area contributed by atoms with Crippen LogP contribution in [-0.4, -0.2) is 23.6 Å². The molecule has 8 heteroatoms. The van der Waals surface area contributed by atoms with Crippen LogP contribution in [0.2, 0.25) is 0 Å². The molecule has 0 aliphatic carbocycles. The van der Waals surface area contributed by atoms with Crippen LogP contribution in [0.15, 0.2) is 54.7 Å². The van der Waals surface area contributed by atoms with Crippen LogP contribution in [0.1, 0.15) is 37.8 Å². The highest BCUT2D eigenvalue weighted by Crippen LogP contribution is 2.36. The van der Waals surface area contributed by atoms with Crippen LogP contribution in [0.4, 0.5) is 36.3 Å². The first kappa shape index (κ1) is 23.4. The molecule has 5 nitrogen and oxygen atoms in total. The molecule has 170 valence electrons. The molecule has 0 amide bonds. The van der Waals surface area contributed by atoms with Gasteiger partial charge in [0.15, 0.2) is 0 Å². The first-order valence-electron chi connectivity index (χ1n) is 10.6. The van der Waals surface area contributed by atoms with Crippen molar-refractivity contribution in [1.82, 2.24) is 9.97 Å². The minimum atomic E-state index is -4.59. The fourth-order valence-electron chi connectivity index (χ4n) is 3.12. The average Bonchev–Trinajstić information content (AvgIpc) is 2.78. The Hall–Kier alpha value is -3.29. The highest BCUT2D eigenvalue weighted by atomic mass is 19.4. The Morgan fingerprint density at radius 3 is 2.25 bits per heavy atom. The van der Waals surface area contributed by atoms with Crippen molar-refractivity contribution in [1.29, 1.82) is 0 Å². The first-order chi connectivity index (χ1) is 15.3. The molecule has 0 fully saturated rings. The quantitative estimate of drug-likeness (QED) is 0.396. The van der Waals surface area contributed by atoms with E-state index in [9.17, 15) is 13.2 Å². The molecule has 0 saturated heterocycles. The number of anilines is 4. The van der Waals surface area contributed by atoms with Crippen molar-refractivity contribution in [2.45, 2.75) is 39.3 Å². The van der Waals surface area contributed by atoms with Gasteiger partial charge in [0, 0.05) is 24.6 Å². The second-order valence-electron chi connectivity index (χ2n) is 7.40. The highest BCUT2D eigenvalue weighted by Gasteiger charge is 2.35. The van der Waals surface area contributed by atoms with Gasteiger partial charge in [-0.25, -0.2) is 4.98 Å². The summed E-state index contributed by atoms with van der Waals surface area (Å²) in [5.41, 5.74) is 1.52. The van der Waals surface area contributed by atoms with Gasteiger partial charge in [-0.05, 0) is 54.8 Å². The molecule has 0 saturated carbocycles. The van der Waals surface area contributed by atoms with Crippen molar-refractivity contribution in [3.8, 4) is 5.75 Å². The third kappa shape index (κ3) is 5.90. The van der Waals surface area contributed by atoms with E-state index in [0.29, 0.717) is 18.0 Å². The average molecular weight is 445 g/mol. The van der Waals surface area contributed by atoms with Crippen molar-refractivity contribution in [2.75, 3.05) is 23.9 Å². The number of aromatic nitrogens is 2. The van der Waals surface area contributed by atoms with Crippen LogP contribution in [0.25, 0.3) is 0 Å². The number of nitrogens with zero attached hydrogens (tertiary/aromatic N) is 3. The van der Waals surface area contributed by atoms with Crippen molar-refractivity contribution in [3.63, 3.8) is 0 Å². The lowest BCUT2D eigenvalue weighted by Gasteiger charge is -2.20. The maximum absolute atomic E-state index is 13.6. The summed E-state index contributed by atoms with van der Waals surface area (Å²) < 4.78 is 46.2. The molecule has 0 unspecified atom stereocenters. The van der Waals surface area contributed by atoms with Gasteiger partial charge in [-0.2, -0.15) is 18.2 Å². The molecule has 2 aromatic carbocycles. The molecule has 1 heterocycles. The number of ether oxygens (including phenoxy) is 1. The van der Waals surface area contributed by atoms with Crippen LogP contribution in [0, 0.1) is 0 Å². The summed E-state index contributed by atoms with van der Waals surface area (Å²) in [6, 6.07) is 14.5. The molecular weight excluding hydrogens is 417 g/mol. The van der Waals surface area contributed by atoms with Gasteiger partial charge in [-0.1, -0.05) is 32.4 Å². The smallest absolute Gasteiger partial charge is 0.421 e. The van der Waals surface area contributed by atoms with E-state index in [1.807, 2.05) is 31.2 Å². The Morgan fingerprint density at radius 2 is 1.66 bits per heavy atom. The second kappa shape index (κ2) is 10.3. The molecule has 0 aliphatic heterocycles. The van der Waals surface area contributed by atoms with E-state index in [1.165, 1.54) is 5.56 Å². The van der Waals surface area contributed by atoms with E-state index < -0.39 is 11.7 Å². The fourth-order valence-corrected chi connectivity index (χ4v) is 3.12. The van der Waals surface area contributed by atoms with Crippen molar-refractivity contribution in [3.05, 3.63) is 65.9 Å². The van der Waals surface area contributed by atoms with E-state index in [0.717, 1.165) is 31.1 Å². The van der Waals surface area contributed by atoms with Crippen molar-refractivity contribution in [2.24, 2.45) is 0 Å². The lowest BCUT2D eigenvalue weighted by atomic mass is 10.1. The normalized spacial score (nSPS) is 11.3. The zero-order valence-electron chi connectivity index (χ0n) is 18.4. The van der Waals surface area contributed by atoms with Crippen LogP contribution >= 0.6 is 0 Å². The predicted molar refractivity (Wildman–Crippen MR) is 121 cm³/mol. The number of rotatable bonds is 9. The molecule has 0 bridgehead atoms. The molecule has 0 spiro atoms. The van der Waals surface area contributed by atoms with Gasteiger partial charge in [-0.15, -0.1) is 0 Å². The molecule has 0 radical (unpaired) electrons. The molecule has 1 aromatic heterocycles. The van der Waals surface area contributed by atoms with E-state index in [2.05, 4.69) is 22.2 Å². The number of aryl methyl sites for hydroxylation is 1. The number of nitrogens with one attached hydrogen (secondary N) is 1. The number of benzene rings is 2. The molecule has 3 aromatic rings. The Balaban J connectivity index is 1.87. The number of alkyl halides is 3. The number of hydrogen-bond donors (Lipinski definition) is 1. The maximum atomic E-state index is 13.6. The molecular formula is C24H27F3N4O. The minimum absolute atomic E-state index is 0.159. The van der Waals surface area contributed by atoms with Crippen molar-refractivity contribution < 1.29 is 17.9 Å². The predicted octanol–water partition coefficient (Wildman–Crippen LogP) is 6.75. The first-order valence-corrected chi connectivity index (χ1v) is 10.6. The Morgan fingerprint density at radius 1 is 0.969 bits per heavy atom. The molecule has 0 atom stereocenters. The highest BCUT2D eigenvalue weighted by molar-refractivity contribution is 5.64. The van der Waals surface area contributed by atoms with Gasteiger partial charge in [0.2, 0.25) is 5.95 Å². The third-order valence-electron chi connectivity index (χ3n) is 4.83. The number of halogens is 3. The van der Waals surface area contributed by atoms with Crippen LogP contribution in [-0.2, 0) is 12.6 Å². The third-order valence-corrected chi connectivity index (χ3v) is 4.83. The molecule has 3 rings (SSSR count). The summed E-state index contributed by atoms with van der Waals surface area (Å²) in [4.78, 5) is 9.81. The van der Waals surface area contributed by atoms with Crippen molar-refractivity contribution >= 4 is 23.1 Å². The summed E-state index contributed by atoms with van der Waals surface area (Å²) >= 11 is 0. The van der Waals surface area contributed by atoms with E-state index in [1.54, 1.807) is 36.2 Å². The summed E-state index contributed by atoms with van der Waals surface area (Å²) in [5, 5.41) is 2.78. The Bertz CT molecular complexity index is 1010. The minimum Gasteiger partial charge on any atom is -0.494 e. The molecule has 32 heavy (non-hydrogen) atoms. The lowest BCUT2D eigenvalue weighted by molar-refractivity contribution is -0.137. The largest absolute Gasteiger partial charge is 0.494 e. The topological polar surface area (TPSA) is 50.3 Å². The van der Waals surface area contributed by atoms with Gasteiger partial charge in [-0.3, -0.25) is 0 Å². The SMILES string of the molecule is CCCOc1ccc(Nc2nc(N(C)c3ccc(CCC)cc3)ncc2C(F)(F)F)cc1. The number of hydrogen-bond acceptors (Lipinski definition) is 5. The second-order valence-corrected chi connectivity index (χ2v) is 7.40. The van der Waals surface area contributed by atoms with Gasteiger partial charge >= 0.3 is 6.18 Å². The van der Waals surface area contributed by atoms with E-state index >= 15 is 0 Å². The van der Waals surface area contributed by atoms with E-state index in [4.69, 9.17) is 4.74 Å². The monoisotopic (exact) mass is 444 g/mol. The zero-order chi connectivity index (χ0) is 23.1. The Kier molecular flexibility index (Phi) is 7.56. The van der Waals surface area contributed by atoms with Crippen LogP contribution in [0.3, 0.4) is 0 Å². The summed E-state index contributed by atoms with van der Waals surface area (Å²) in [6.07, 6.45) is -0.903. The standard InChI is InChI=1S/C24H27F3N4O/c1-4-6-17-7-11-19(12-8-17)31(3)23-28-16-21(24(25,26)27)22(30-23)29-18-9-13-20(14-10-18)32-15-5-2/h7-14,16H,4-6,15H2,1-3H3,(H,28,29,30). The van der Waals surface area contributed by atoms with Gasteiger partial charge < -0.3 is 15.0 Å². The fraction of sp³-hybridized carbons (Fsp3) is 0.333. The Labute approximate surface area is 186 Å². The lowest BCUT2D eigenvalue weighted by Crippen LogP contribution is -2.17. The van der Waals surface area contributed by atoms with Gasteiger partial charge in [0.1, 0.15) is 17.1 Å². The maximum Gasteiger partial charge on any atom is 0.421 e. The zero-order valence-corrected chi connectivity index (χ0v) is 18.4. The molecule has 0 aliphatic rings. The summed E-state index contributed by atoms with van der Waals surface area (Å²) in [7, 11) is 1.72. The van der Waals surface area contributed by atoms with E-state index in [-0.39, 0.29) is 11.8 Å². The van der Waals surface area contributed by atoms with Gasteiger partial charge in [0.25, 0.3) is 0 Å². The summed E-state index contributed by atoms with van der Waals surface area (Å²) in [5.74, 6) is 0.508. The van der Waals surface area contributed by atoms with Crippen LogP contribution < -0.4 is 15.0 Å². The van der Waals surface area contributed by atoms with Crippen LogP contribution in [0.5, 0.6) is 5.75 Å².